The topological polar surface area (TPSA) is 0 Å². The van der Waals surface area contributed by atoms with Gasteiger partial charge >= 0.3 is 0 Å². The molecule has 0 aromatic heterocycles. The molecule has 4 aromatic rings. The third-order valence-corrected chi connectivity index (χ3v) is 7.83. The Morgan fingerprint density at radius 3 is 1.35 bits per heavy atom. The zero-order valence-corrected chi connectivity index (χ0v) is 20.7. The molecule has 4 rings (SSSR count). The van der Waals surface area contributed by atoms with Crippen molar-refractivity contribution in [1.82, 2.24) is 0 Å². The molecule has 0 heteroatoms. The van der Waals surface area contributed by atoms with Crippen LogP contribution in [-0.4, -0.2) is 0 Å². The van der Waals surface area contributed by atoms with Crippen LogP contribution in [0.15, 0.2) is 54.6 Å². The molecule has 0 aliphatic carbocycles. The molecule has 0 amide bonds. The second-order valence-corrected chi connectivity index (χ2v) is 11.2. The van der Waals surface area contributed by atoms with Gasteiger partial charge in [-0.05, 0) is 79.3 Å². The summed E-state index contributed by atoms with van der Waals surface area (Å²) in [5, 5.41) is 8.48. The summed E-state index contributed by atoms with van der Waals surface area (Å²) >= 11 is 0. The minimum absolute atomic E-state index is 0.560. The van der Waals surface area contributed by atoms with Gasteiger partial charge < -0.3 is 0 Å². The first kappa shape index (κ1) is 22.1. The van der Waals surface area contributed by atoms with Crippen molar-refractivity contribution in [1.29, 1.82) is 0 Å². The Morgan fingerprint density at radius 2 is 0.871 bits per heavy atom. The van der Waals surface area contributed by atoms with Crippen LogP contribution in [0.5, 0.6) is 0 Å². The van der Waals surface area contributed by atoms with E-state index in [1.165, 1.54) is 32.3 Å². The molecule has 0 heterocycles. The van der Waals surface area contributed by atoms with Crippen LogP contribution in [0.2, 0.25) is 0 Å². The van der Waals surface area contributed by atoms with E-state index in [-0.39, 0.29) is 0 Å². The zero-order chi connectivity index (χ0) is 22.4. The second kappa shape index (κ2) is 8.45. The van der Waals surface area contributed by atoms with Crippen molar-refractivity contribution >= 4 is 32.3 Å². The molecule has 0 aliphatic heterocycles. The molecule has 0 atom stereocenters. The van der Waals surface area contributed by atoms with Gasteiger partial charge in [0.15, 0.2) is 0 Å². The van der Waals surface area contributed by atoms with E-state index in [1.54, 1.807) is 5.56 Å². The molecule has 0 radical (unpaired) electrons. The lowest BCUT2D eigenvalue weighted by atomic mass is 9.61. The SMILES string of the molecule is CC(C)C(C(C)C)C(c1ccc2ccc3cccc4ccc1c2c34)C(C(C)C)C(C)C. The maximum Gasteiger partial charge on any atom is -0.00239 e. The van der Waals surface area contributed by atoms with E-state index in [2.05, 4.69) is 110 Å². The van der Waals surface area contributed by atoms with Gasteiger partial charge in [0.1, 0.15) is 0 Å². The summed E-state index contributed by atoms with van der Waals surface area (Å²) in [5.74, 6) is 4.50. The summed E-state index contributed by atoms with van der Waals surface area (Å²) in [4.78, 5) is 0. The number of hydrogen-bond acceptors (Lipinski definition) is 0. The fourth-order valence-electron chi connectivity index (χ4n) is 6.92. The Bertz CT molecular complexity index is 1110. The molecular formula is C31H40. The summed E-state index contributed by atoms with van der Waals surface area (Å²) in [7, 11) is 0. The van der Waals surface area contributed by atoms with Crippen LogP contribution in [-0.2, 0) is 0 Å². The highest BCUT2D eigenvalue weighted by Crippen LogP contribution is 2.49. The molecule has 0 N–H and O–H groups in total. The maximum absolute atomic E-state index is 2.47. The molecule has 31 heavy (non-hydrogen) atoms. The van der Waals surface area contributed by atoms with Gasteiger partial charge in [0.2, 0.25) is 0 Å². The lowest BCUT2D eigenvalue weighted by Gasteiger charge is -2.43. The smallest absolute Gasteiger partial charge is 0.00239 e. The largest absolute Gasteiger partial charge is 0.0625 e. The Morgan fingerprint density at radius 1 is 0.452 bits per heavy atom. The molecule has 0 nitrogen and oxygen atoms in total. The third kappa shape index (κ3) is 3.73. The van der Waals surface area contributed by atoms with Gasteiger partial charge in [-0.3, -0.25) is 0 Å². The molecule has 0 saturated heterocycles. The van der Waals surface area contributed by atoms with Gasteiger partial charge in [-0.25, -0.2) is 0 Å². The number of benzene rings is 4. The van der Waals surface area contributed by atoms with Crippen molar-refractivity contribution in [2.24, 2.45) is 35.5 Å². The van der Waals surface area contributed by atoms with Gasteiger partial charge in [0, 0.05) is 0 Å². The third-order valence-electron chi connectivity index (χ3n) is 7.83. The average Bonchev–Trinajstić information content (AvgIpc) is 2.70. The van der Waals surface area contributed by atoms with E-state index >= 15 is 0 Å². The highest BCUT2D eigenvalue weighted by Gasteiger charge is 2.38. The Balaban J connectivity index is 2.07. The monoisotopic (exact) mass is 412 g/mol. The Hall–Kier alpha value is -2.08. The van der Waals surface area contributed by atoms with E-state index in [0.717, 1.165) is 0 Å². The van der Waals surface area contributed by atoms with E-state index < -0.39 is 0 Å². The predicted octanol–water partition coefficient (Wildman–Crippen LogP) is 9.52. The normalized spacial score (nSPS) is 13.3. The fraction of sp³-hybridized carbons (Fsp3) is 0.484. The molecule has 0 aliphatic rings. The molecule has 0 saturated carbocycles. The molecule has 0 unspecified atom stereocenters. The Labute approximate surface area is 189 Å². The maximum atomic E-state index is 2.47. The molecule has 0 fully saturated rings. The minimum atomic E-state index is 0.560. The van der Waals surface area contributed by atoms with Crippen LogP contribution >= 0.6 is 0 Å². The van der Waals surface area contributed by atoms with E-state index in [4.69, 9.17) is 0 Å². The summed E-state index contributed by atoms with van der Waals surface area (Å²) < 4.78 is 0. The summed E-state index contributed by atoms with van der Waals surface area (Å²) in [6, 6.07) is 21.0. The molecule has 0 bridgehead atoms. The highest BCUT2D eigenvalue weighted by atomic mass is 14.4. The van der Waals surface area contributed by atoms with Crippen molar-refractivity contribution in [3.8, 4) is 0 Å². The van der Waals surface area contributed by atoms with Gasteiger partial charge in [-0.15, -0.1) is 0 Å². The minimum Gasteiger partial charge on any atom is -0.0625 e. The Kier molecular flexibility index (Phi) is 6.03. The van der Waals surface area contributed by atoms with Crippen LogP contribution in [0, 0.1) is 35.5 Å². The lowest BCUT2D eigenvalue weighted by Crippen LogP contribution is -2.34. The van der Waals surface area contributed by atoms with Crippen molar-refractivity contribution in [2.75, 3.05) is 0 Å². The summed E-state index contributed by atoms with van der Waals surface area (Å²) in [6.07, 6.45) is 0. The van der Waals surface area contributed by atoms with Crippen molar-refractivity contribution in [3.63, 3.8) is 0 Å². The molecule has 164 valence electrons. The fourth-order valence-corrected chi connectivity index (χ4v) is 6.92. The summed E-state index contributed by atoms with van der Waals surface area (Å²) in [6.45, 7) is 19.5. The van der Waals surface area contributed by atoms with Crippen LogP contribution < -0.4 is 0 Å². The van der Waals surface area contributed by atoms with E-state index in [9.17, 15) is 0 Å². The number of hydrogen-bond donors (Lipinski definition) is 0. The van der Waals surface area contributed by atoms with Gasteiger partial charge in [0.05, 0.1) is 0 Å². The molecule has 4 aromatic carbocycles. The zero-order valence-electron chi connectivity index (χ0n) is 20.7. The van der Waals surface area contributed by atoms with Crippen molar-refractivity contribution < 1.29 is 0 Å². The predicted molar refractivity (Wildman–Crippen MR) is 139 cm³/mol. The van der Waals surface area contributed by atoms with E-state index in [1.807, 2.05) is 0 Å². The standard InChI is InChI=1S/C31H40/c1-18(2)27(19(3)4)31(28(20(5)6)21(7)8)26-17-15-24-13-12-22-10-9-11-23-14-16-25(26)30(24)29(22)23/h9-21,27-28,31H,1-8H3. The first-order valence-electron chi connectivity index (χ1n) is 12.4. The lowest BCUT2D eigenvalue weighted by molar-refractivity contribution is 0.127. The van der Waals surface area contributed by atoms with Crippen LogP contribution in [0.3, 0.4) is 0 Å². The van der Waals surface area contributed by atoms with Gasteiger partial charge in [-0.2, -0.15) is 0 Å². The first-order chi connectivity index (χ1) is 14.7. The van der Waals surface area contributed by atoms with Crippen LogP contribution in [0.4, 0.5) is 0 Å². The van der Waals surface area contributed by atoms with Crippen molar-refractivity contribution in [2.45, 2.75) is 61.3 Å². The highest BCUT2D eigenvalue weighted by molar-refractivity contribution is 6.23. The van der Waals surface area contributed by atoms with Gasteiger partial charge in [-0.1, -0.05) is 110 Å². The van der Waals surface area contributed by atoms with E-state index in [0.29, 0.717) is 41.4 Å². The van der Waals surface area contributed by atoms with Crippen LogP contribution in [0.1, 0.15) is 66.9 Å². The summed E-state index contributed by atoms with van der Waals surface area (Å²) in [5.41, 5.74) is 1.57. The average molecular weight is 413 g/mol. The number of rotatable bonds is 7. The quantitative estimate of drug-likeness (QED) is 0.265. The molecular weight excluding hydrogens is 372 g/mol. The second-order valence-electron chi connectivity index (χ2n) is 11.2. The van der Waals surface area contributed by atoms with Gasteiger partial charge in [0.25, 0.3) is 0 Å². The van der Waals surface area contributed by atoms with Crippen molar-refractivity contribution in [3.05, 3.63) is 60.2 Å². The molecule has 0 spiro atoms. The van der Waals surface area contributed by atoms with Crippen LogP contribution in [0.25, 0.3) is 32.3 Å². The first-order valence-corrected chi connectivity index (χ1v) is 12.4.